The quantitative estimate of drug-likeness (QED) is 0.785. The van der Waals surface area contributed by atoms with Crippen LogP contribution < -0.4 is 5.90 Å². The van der Waals surface area contributed by atoms with E-state index in [1.54, 1.807) is 9.58 Å². The summed E-state index contributed by atoms with van der Waals surface area (Å²) in [5.74, 6) is 5.14. The zero-order chi connectivity index (χ0) is 14.8. The predicted molar refractivity (Wildman–Crippen MR) is 68.3 cm³/mol. The predicted octanol–water partition coefficient (Wildman–Crippen LogP) is 0.114. The van der Waals surface area contributed by atoms with Gasteiger partial charge in [-0.1, -0.05) is 0 Å². The van der Waals surface area contributed by atoms with Gasteiger partial charge in [-0.3, -0.25) is 0 Å². The Morgan fingerprint density at radius 1 is 1.50 bits per heavy atom. The highest BCUT2D eigenvalue weighted by molar-refractivity contribution is 5.69. The number of tetrazole rings is 1. The molecule has 2 N–H and O–H groups in total. The second kappa shape index (κ2) is 5.71. The first-order chi connectivity index (χ1) is 9.40. The van der Waals surface area contributed by atoms with Crippen LogP contribution in [-0.4, -0.2) is 56.0 Å². The van der Waals surface area contributed by atoms with E-state index in [9.17, 15) is 4.79 Å². The lowest BCUT2D eigenvalue weighted by atomic mass is 10.2. The molecule has 1 saturated heterocycles. The maximum absolute atomic E-state index is 12.2. The fourth-order valence-electron chi connectivity index (χ4n) is 2.23. The molecule has 9 heteroatoms. The molecule has 0 unspecified atom stereocenters. The third kappa shape index (κ3) is 3.42. The molecular weight excluding hydrogens is 264 g/mol. The molecule has 0 aliphatic carbocycles. The van der Waals surface area contributed by atoms with E-state index in [1.807, 2.05) is 20.8 Å². The number of aromatic nitrogens is 4. The number of carbonyl (C=O) groups is 1. The minimum absolute atomic E-state index is 0.00216. The van der Waals surface area contributed by atoms with Crippen molar-refractivity contribution in [1.82, 2.24) is 25.1 Å². The number of carbonyl (C=O) groups excluding carboxylic acids is 1. The second-order valence-electron chi connectivity index (χ2n) is 5.80. The molecule has 0 saturated carbocycles. The van der Waals surface area contributed by atoms with Gasteiger partial charge in [-0.2, -0.15) is 0 Å². The SMILES string of the molecule is CC(C)(C)OC(=O)N1C[C@@H](n2cnnn2)C[C@H]1CON. The van der Waals surface area contributed by atoms with E-state index in [1.165, 1.54) is 6.33 Å². The van der Waals surface area contributed by atoms with Crippen LogP contribution in [0.3, 0.4) is 0 Å². The number of amides is 1. The Morgan fingerprint density at radius 2 is 2.25 bits per heavy atom. The molecule has 1 fully saturated rings. The molecule has 1 amide bonds. The zero-order valence-corrected chi connectivity index (χ0v) is 11.9. The van der Waals surface area contributed by atoms with E-state index >= 15 is 0 Å². The average molecular weight is 284 g/mol. The molecular formula is C11H20N6O3. The topological polar surface area (TPSA) is 108 Å². The zero-order valence-electron chi connectivity index (χ0n) is 11.9. The fraction of sp³-hybridized carbons (Fsp3) is 0.818. The summed E-state index contributed by atoms with van der Waals surface area (Å²) in [6.07, 6.45) is 1.82. The lowest BCUT2D eigenvalue weighted by Crippen LogP contribution is -2.42. The lowest BCUT2D eigenvalue weighted by molar-refractivity contribution is 0.0103. The summed E-state index contributed by atoms with van der Waals surface area (Å²) in [5.41, 5.74) is -0.544. The standard InChI is InChI=1S/C11H20N6O3/c1-11(2,3)20-10(18)16-5-8(4-9(16)6-19-12)17-7-13-14-15-17/h7-9H,4-6,12H2,1-3H3/t8-,9-/m0/s1. The molecule has 0 aromatic carbocycles. The average Bonchev–Trinajstić information content (AvgIpc) is 2.94. The van der Waals surface area contributed by atoms with Crippen molar-refractivity contribution in [3.05, 3.63) is 6.33 Å². The third-order valence-electron chi connectivity index (χ3n) is 3.05. The second-order valence-corrected chi connectivity index (χ2v) is 5.80. The Bertz CT molecular complexity index is 444. The Labute approximate surface area is 117 Å². The van der Waals surface area contributed by atoms with Crippen molar-refractivity contribution >= 4 is 6.09 Å². The molecule has 112 valence electrons. The third-order valence-corrected chi connectivity index (χ3v) is 3.05. The van der Waals surface area contributed by atoms with E-state index in [0.717, 1.165) is 0 Å². The van der Waals surface area contributed by atoms with Gasteiger partial charge in [-0.05, 0) is 37.6 Å². The van der Waals surface area contributed by atoms with Crippen LogP contribution in [0.25, 0.3) is 0 Å². The van der Waals surface area contributed by atoms with E-state index in [2.05, 4.69) is 15.5 Å². The molecule has 2 heterocycles. The molecule has 20 heavy (non-hydrogen) atoms. The van der Waals surface area contributed by atoms with Crippen LogP contribution in [0.5, 0.6) is 0 Å². The van der Waals surface area contributed by atoms with Crippen molar-refractivity contribution in [2.45, 2.75) is 44.9 Å². The molecule has 1 aromatic heterocycles. The highest BCUT2D eigenvalue weighted by Crippen LogP contribution is 2.28. The summed E-state index contributed by atoms with van der Waals surface area (Å²) in [6.45, 7) is 6.20. The normalized spacial score (nSPS) is 23.1. The molecule has 9 nitrogen and oxygen atoms in total. The number of rotatable bonds is 3. The smallest absolute Gasteiger partial charge is 0.410 e. The summed E-state index contributed by atoms with van der Waals surface area (Å²) in [4.78, 5) is 18.5. The number of nitrogens with zero attached hydrogens (tertiary/aromatic N) is 5. The molecule has 1 aliphatic rings. The van der Waals surface area contributed by atoms with Crippen LogP contribution in [0.15, 0.2) is 6.33 Å². The molecule has 0 spiro atoms. The van der Waals surface area contributed by atoms with Gasteiger partial charge < -0.3 is 14.5 Å². The molecule has 2 atom stereocenters. The minimum atomic E-state index is -0.544. The lowest BCUT2D eigenvalue weighted by Gasteiger charge is -2.27. The molecule has 0 radical (unpaired) electrons. The first-order valence-electron chi connectivity index (χ1n) is 6.44. The van der Waals surface area contributed by atoms with Crippen molar-refractivity contribution in [2.24, 2.45) is 5.90 Å². The van der Waals surface area contributed by atoms with E-state index < -0.39 is 5.60 Å². The Hall–Kier alpha value is -1.74. The van der Waals surface area contributed by atoms with Crippen LogP contribution in [0.4, 0.5) is 4.79 Å². The van der Waals surface area contributed by atoms with Gasteiger partial charge in [-0.15, -0.1) is 5.10 Å². The highest BCUT2D eigenvalue weighted by atomic mass is 16.6. The maximum atomic E-state index is 12.2. The van der Waals surface area contributed by atoms with E-state index in [-0.39, 0.29) is 24.8 Å². The van der Waals surface area contributed by atoms with Gasteiger partial charge in [-0.25, -0.2) is 15.4 Å². The van der Waals surface area contributed by atoms with Crippen LogP contribution in [0.2, 0.25) is 0 Å². The molecule has 1 aliphatic heterocycles. The van der Waals surface area contributed by atoms with Crippen molar-refractivity contribution in [3.8, 4) is 0 Å². The van der Waals surface area contributed by atoms with Gasteiger partial charge in [0.05, 0.1) is 18.7 Å². The van der Waals surface area contributed by atoms with E-state index in [4.69, 9.17) is 15.5 Å². The summed E-state index contributed by atoms with van der Waals surface area (Å²) in [6, 6.07) is -0.151. The monoisotopic (exact) mass is 284 g/mol. The van der Waals surface area contributed by atoms with Gasteiger partial charge >= 0.3 is 6.09 Å². The first kappa shape index (κ1) is 14.7. The van der Waals surface area contributed by atoms with Crippen LogP contribution in [0.1, 0.15) is 33.2 Å². The fourth-order valence-corrected chi connectivity index (χ4v) is 2.23. The number of ether oxygens (including phenoxy) is 1. The summed E-state index contributed by atoms with van der Waals surface area (Å²) in [5, 5.41) is 11.1. The Kier molecular flexibility index (Phi) is 4.19. The van der Waals surface area contributed by atoms with E-state index in [0.29, 0.717) is 13.0 Å². The van der Waals surface area contributed by atoms with Gasteiger partial charge in [0, 0.05) is 6.54 Å². The maximum Gasteiger partial charge on any atom is 0.410 e. The largest absolute Gasteiger partial charge is 0.444 e. The minimum Gasteiger partial charge on any atom is -0.444 e. The van der Waals surface area contributed by atoms with Crippen molar-refractivity contribution < 1.29 is 14.4 Å². The summed E-state index contributed by atoms with van der Waals surface area (Å²) >= 11 is 0. The van der Waals surface area contributed by atoms with Gasteiger partial charge in [0.1, 0.15) is 11.9 Å². The molecule has 0 bridgehead atoms. The van der Waals surface area contributed by atoms with Crippen molar-refractivity contribution in [3.63, 3.8) is 0 Å². The van der Waals surface area contributed by atoms with Crippen molar-refractivity contribution in [1.29, 1.82) is 0 Å². The molecule has 2 rings (SSSR count). The highest BCUT2D eigenvalue weighted by Gasteiger charge is 2.38. The van der Waals surface area contributed by atoms with Gasteiger partial charge in [0.25, 0.3) is 0 Å². The number of hydrogen-bond acceptors (Lipinski definition) is 7. The number of nitrogens with two attached hydrogens (primary N) is 1. The Balaban J connectivity index is 2.07. The van der Waals surface area contributed by atoms with Crippen LogP contribution in [0, 0.1) is 0 Å². The van der Waals surface area contributed by atoms with Crippen LogP contribution in [-0.2, 0) is 9.57 Å². The van der Waals surface area contributed by atoms with Crippen molar-refractivity contribution in [2.75, 3.05) is 13.2 Å². The van der Waals surface area contributed by atoms with Crippen LogP contribution >= 0.6 is 0 Å². The first-order valence-corrected chi connectivity index (χ1v) is 6.44. The molecule has 1 aromatic rings. The van der Waals surface area contributed by atoms with Gasteiger partial charge in [0.2, 0.25) is 0 Å². The Morgan fingerprint density at radius 3 is 2.80 bits per heavy atom. The summed E-state index contributed by atoms with van der Waals surface area (Å²) < 4.78 is 7.03. The number of likely N-dealkylation sites (tertiary alicyclic amines) is 1. The summed E-state index contributed by atoms with van der Waals surface area (Å²) in [7, 11) is 0. The number of hydrogen-bond donors (Lipinski definition) is 1. The van der Waals surface area contributed by atoms with Gasteiger partial charge in [0.15, 0.2) is 0 Å².